The van der Waals surface area contributed by atoms with E-state index in [2.05, 4.69) is 31.9 Å². The Morgan fingerprint density at radius 3 is 1.94 bits per heavy atom. The molecule has 1 heterocycles. The minimum Gasteiger partial charge on any atom is -0.292 e. The molecule has 178 valence electrons. The number of amides is 3. The van der Waals surface area contributed by atoms with Crippen molar-refractivity contribution in [1.29, 1.82) is 0 Å². The molecule has 1 saturated carbocycles. The molecule has 0 radical (unpaired) electrons. The van der Waals surface area contributed by atoms with Gasteiger partial charge in [-0.2, -0.15) is 5.01 Å². The molecule has 4 rings (SSSR count). The van der Waals surface area contributed by atoms with Gasteiger partial charge in [-0.25, -0.2) is 5.01 Å². The lowest BCUT2D eigenvalue weighted by atomic mass is 9.81. The quantitative estimate of drug-likeness (QED) is 0.233. The molecule has 0 bridgehead atoms. The van der Waals surface area contributed by atoms with Crippen LogP contribution in [-0.4, -0.2) is 49.7 Å². The molecule has 2 aromatic rings. The van der Waals surface area contributed by atoms with Crippen molar-refractivity contribution in [2.24, 2.45) is 11.8 Å². The number of ketones is 1. The van der Waals surface area contributed by atoms with Crippen molar-refractivity contribution in [2.75, 3.05) is 6.54 Å². The van der Waals surface area contributed by atoms with E-state index in [9.17, 15) is 19.2 Å². The summed E-state index contributed by atoms with van der Waals surface area (Å²) in [5.41, 5.74) is 0.295. The summed E-state index contributed by atoms with van der Waals surface area (Å²) in [5.74, 6) is -3.43. The first-order chi connectivity index (χ1) is 16.1. The SMILES string of the molecule is O=C(CN(C(=O)c1ccc(Cl)cc1Cl)N1C(=O)[C@@H]2C[C@H](Br)[C@@H](Br)C[C@H]2C1=O)c1ccc(Cl)cc1. The van der Waals surface area contributed by atoms with E-state index < -0.39 is 41.9 Å². The lowest BCUT2D eigenvalue weighted by Gasteiger charge is -2.30. The molecule has 2 fully saturated rings. The third-order valence-corrected chi connectivity index (χ3v) is 9.52. The molecule has 4 atom stereocenters. The van der Waals surface area contributed by atoms with Crippen molar-refractivity contribution >= 4 is 90.2 Å². The van der Waals surface area contributed by atoms with E-state index in [1.807, 2.05) is 0 Å². The molecule has 34 heavy (non-hydrogen) atoms. The Bertz CT molecular complexity index is 1150. The summed E-state index contributed by atoms with van der Waals surface area (Å²) in [6.07, 6.45) is 0.854. The van der Waals surface area contributed by atoms with Crippen LogP contribution in [0.3, 0.4) is 0 Å². The largest absolute Gasteiger partial charge is 0.292 e. The molecule has 2 aromatic carbocycles. The third-order valence-electron chi connectivity index (χ3n) is 5.99. The monoisotopic (exact) mass is 648 g/mol. The van der Waals surface area contributed by atoms with E-state index in [0.717, 1.165) is 10.0 Å². The number of benzene rings is 2. The van der Waals surface area contributed by atoms with Gasteiger partial charge in [0.25, 0.3) is 17.7 Å². The summed E-state index contributed by atoms with van der Waals surface area (Å²) in [6, 6.07) is 10.4. The Labute approximate surface area is 227 Å². The molecule has 0 aromatic heterocycles. The first kappa shape index (κ1) is 25.6. The number of halogens is 5. The molecule has 3 amide bonds. The van der Waals surface area contributed by atoms with E-state index in [4.69, 9.17) is 34.8 Å². The highest BCUT2D eigenvalue weighted by molar-refractivity contribution is 9.12. The number of hydrogen-bond acceptors (Lipinski definition) is 4. The molecular formula is C23H17Br2Cl3N2O4. The second kappa shape index (κ2) is 10.3. The predicted molar refractivity (Wildman–Crippen MR) is 137 cm³/mol. The van der Waals surface area contributed by atoms with Gasteiger partial charge in [0.15, 0.2) is 5.78 Å². The first-order valence-electron chi connectivity index (χ1n) is 10.3. The molecule has 1 aliphatic heterocycles. The average molecular weight is 652 g/mol. The maximum Gasteiger partial charge on any atom is 0.274 e. The molecular weight excluding hydrogens is 634 g/mol. The lowest BCUT2D eigenvalue weighted by Crippen LogP contribution is -2.52. The Morgan fingerprint density at radius 1 is 0.882 bits per heavy atom. The number of fused-ring (bicyclic) bond motifs is 1. The van der Waals surface area contributed by atoms with Crippen LogP contribution in [0.1, 0.15) is 33.6 Å². The highest BCUT2D eigenvalue weighted by atomic mass is 79.9. The number of rotatable bonds is 5. The number of Topliss-reactive ketones (excluding diaryl/α,β-unsaturated/α-hetero) is 1. The minimum atomic E-state index is -0.755. The van der Waals surface area contributed by atoms with Gasteiger partial charge in [0, 0.05) is 25.3 Å². The maximum atomic E-state index is 13.6. The summed E-state index contributed by atoms with van der Waals surface area (Å²) in [7, 11) is 0. The van der Waals surface area contributed by atoms with Gasteiger partial charge in [-0.3, -0.25) is 19.2 Å². The fraction of sp³-hybridized carbons (Fsp3) is 0.304. The van der Waals surface area contributed by atoms with Gasteiger partial charge in [0.05, 0.1) is 22.4 Å². The highest BCUT2D eigenvalue weighted by Crippen LogP contribution is 2.44. The van der Waals surface area contributed by atoms with Crippen molar-refractivity contribution in [3.63, 3.8) is 0 Å². The summed E-state index contributed by atoms with van der Waals surface area (Å²) < 4.78 is 0. The van der Waals surface area contributed by atoms with Gasteiger partial charge in [-0.15, -0.1) is 0 Å². The molecule has 0 spiro atoms. The fourth-order valence-corrected chi connectivity index (χ4v) is 6.07. The van der Waals surface area contributed by atoms with Gasteiger partial charge in [-0.05, 0) is 55.3 Å². The molecule has 6 nitrogen and oxygen atoms in total. The van der Waals surface area contributed by atoms with Gasteiger partial charge in [0.1, 0.15) is 6.54 Å². The molecule has 2 aliphatic rings. The fourth-order valence-electron chi connectivity index (χ4n) is 4.21. The van der Waals surface area contributed by atoms with Gasteiger partial charge < -0.3 is 0 Å². The lowest BCUT2D eigenvalue weighted by molar-refractivity contribution is -0.154. The van der Waals surface area contributed by atoms with Crippen LogP contribution >= 0.6 is 66.7 Å². The van der Waals surface area contributed by atoms with Crippen LogP contribution in [-0.2, 0) is 9.59 Å². The highest BCUT2D eigenvalue weighted by Gasteiger charge is 2.54. The average Bonchev–Trinajstić information content (AvgIpc) is 3.02. The Balaban J connectivity index is 1.72. The number of hydrazine groups is 1. The Hall–Kier alpha value is -1.45. The van der Waals surface area contributed by atoms with Crippen molar-refractivity contribution in [3.05, 3.63) is 68.7 Å². The van der Waals surface area contributed by atoms with E-state index in [-0.39, 0.29) is 25.8 Å². The minimum absolute atomic E-state index is 0.00369. The number of carbonyl (C=O) groups excluding carboxylic acids is 4. The molecule has 1 saturated heterocycles. The number of imide groups is 1. The van der Waals surface area contributed by atoms with Crippen LogP contribution in [0, 0.1) is 11.8 Å². The van der Waals surface area contributed by atoms with Crippen LogP contribution in [0.4, 0.5) is 0 Å². The zero-order chi connectivity index (χ0) is 24.7. The normalized spacial score (nSPS) is 24.2. The predicted octanol–water partition coefficient (Wildman–Crippen LogP) is 5.81. The number of alkyl halides is 2. The van der Waals surface area contributed by atoms with E-state index >= 15 is 0 Å². The topological polar surface area (TPSA) is 74.8 Å². The number of hydrogen-bond donors (Lipinski definition) is 0. The maximum absolute atomic E-state index is 13.6. The van der Waals surface area contributed by atoms with E-state index in [1.165, 1.54) is 30.3 Å². The first-order valence-corrected chi connectivity index (χ1v) is 13.3. The van der Waals surface area contributed by atoms with Crippen molar-refractivity contribution in [3.8, 4) is 0 Å². The Kier molecular flexibility index (Phi) is 7.74. The van der Waals surface area contributed by atoms with Gasteiger partial charge >= 0.3 is 0 Å². The number of carbonyl (C=O) groups is 4. The zero-order valence-corrected chi connectivity index (χ0v) is 22.8. The molecule has 11 heteroatoms. The second-order valence-corrected chi connectivity index (χ2v) is 11.8. The van der Waals surface area contributed by atoms with E-state index in [1.54, 1.807) is 12.1 Å². The summed E-state index contributed by atoms with van der Waals surface area (Å²) in [4.78, 5) is 53.4. The van der Waals surface area contributed by atoms with Crippen molar-refractivity contribution < 1.29 is 19.2 Å². The second-order valence-electron chi connectivity index (χ2n) is 8.12. The standard InChI is InChI=1S/C23H17Br2Cl3N2O4/c24-17-8-15-16(9-18(17)25)23(34)30(22(15)33)29(10-20(31)11-1-3-12(26)4-2-11)21(32)14-6-5-13(27)7-19(14)28/h1-7,15-18H,8-10H2/t15-,16-,17+,18+/m1/s1. The summed E-state index contributed by atoms with van der Waals surface area (Å²) in [6.45, 7) is -0.536. The van der Waals surface area contributed by atoms with Gasteiger partial charge in [-0.1, -0.05) is 66.7 Å². The van der Waals surface area contributed by atoms with Crippen LogP contribution in [0.5, 0.6) is 0 Å². The van der Waals surface area contributed by atoms with Crippen LogP contribution < -0.4 is 0 Å². The molecule has 0 N–H and O–H groups in total. The smallest absolute Gasteiger partial charge is 0.274 e. The van der Waals surface area contributed by atoms with Crippen molar-refractivity contribution in [2.45, 2.75) is 22.5 Å². The van der Waals surface area contributed by atoms with Crippen molar-refractivity contribution in [1.82, 2.24) is 10.0 Å². The third kappa shape index (κ3) is 4.93. The zero-order valence-electron chi connectivity index (χ0n) is 17.4. The van der Waals surface area contributed by atoms with Crippen LogP contribution in [0.25, 0.3) is 0 Å². The van der Waals surface area contributed by atoms with Crippen LogP contribution in [0.2, 0.25) is 15.1 Å². The van der Waals surface area contributed by atoms with Crippen LogP contribution in [0.15, 0.2) is 42.5 Å². The summed E-state index contributed by atoms with van der Waals surface area (Å²) >= 11 is 25.2. The Morgan fingerprint density at radius 2 is 1.41 bits per heavy atom. The summed E-state index contributed by atoms with van der Waals surface area (Å²) in [5, 5.41) is 2.51. The number of nitrogens with zero attached hydrogens (tertiary/aromatic N) is 2. The van der Waals surface area contributed by atoms with Gasteiger partial charge in [0.2, 0.25) is 0 Å². The molecule has 1 aliphatic carbocycles. The van der Waals surface area contributed by atoms with E-state index in [0.29, 0.717) is 22.9 Å². The molecule has 0 unspecified atom stereocenters.